The highest BCUT2D eigenvalue weighted by Crippen LogP contribution is 2.13. The summed E-state index contributed by atoms with van der Waals surface area (Å²) < 4.78 is 0. The maximum Gasteiger partial charge on any atom is 0.180 e. The molecule has 2 aromatic heterocycles. The molecule has 0 saturated carbocycles. The molecule has 2 rings (SSSR count). The van der Waals surface area contributed by atoms with Crippen molar-refractivity contribution in [2.24, 2.45) is 0 Å². The van der Waals surface area contributed by atoms with E-state index in [0.717, 1.165) is 11.3 Å². The van der Waals surface area contributed by atoms with Crippen LogP contribution in [0.4, 0.5) is 5.13 Å². The van der Waals surface area contributed by atoms with Gasteiger partial charge in [0.2, 0.25) is 0 Å². The monoisotopic (exact) mass is 238 g/mol. The summed E-state index contributed by atoms with van der Waals surface area (Å²) >= 11 is 2.98. The van der Waals surface area contributed by atoms with E-state index in [0.29, 0.717) is 18.0 Å². The molecule has 0 aromatic carbocycles. The number of ketones is 1. The van der Waals surface area contributed by atoms with Crippen LogP contribution in [0.2, 0.25) is 0 Å². The highest BCUT2D eigenvalue weighted by atomic mass is 32.1. The first kappa shape index (κ1) is 10.3. The molecule has 0 unspecified atom stereocenters. The summed E-state index contributed by atoms with van der Waals surface area (Å²) in [5.74, 6) is 0.179. The van der Waals surface area contributed by atoms with Gasteiger partial charge in [0.15, 0.2) is 5.13 Å². The van der Waals surface area contributed by atoms with Gasteiger partial charge in [-0.3, -0.25) is 4.79 Å². The normalized spacial score (nSPS) is 10.4. The molecule has 2 heterocycles. The number of nitrogens with two attached hydrogens (primary N) is 1. The molecule has 3 nitrogen and oxygen atoms in total. The summed E-state index contributed by atoms with van der Waals surface area (Å²) in [5.41, 5.74) is 7.34. The predicted molar refractivity (Wildman–Crippen MR) is 63.3 cm³/mol. The molecule has 5 heteroatoms. The standard InChI is InChI=1S/C10H10N2OS2/c11-10-12-8(6-15-10)4-9(13)3-7-1-2-14-5-7/h1-2,5-6H,3-4H2,(H2,11,12). The van der Waals surface area contributed by atoms with Crippen LogP contribution in [-0.2, 0) is 17.6 Å². The minimum absolute atomic E-state index is 0.179. The molecule has 0 aliphatic heterocycles. The Bertz CT molecular complexity index is 448. The number of anilines is 1. The van der Waals surface area contributed by atoms with Crippen LogP contribution in [0.15, 0.2) is 22.2 Å². The molecule has 0 amide bonds. The largest absolute Gasteiger partial charge is 0.375 e. The van der Waals surface area contributed by atoms with Gasteiger partial charge in [-0.15, -0.1) is 11.3 Å². The molecule has 0 spiro atoms. The van der Waals surface area contributed by atoms with E-state index in [1.807, 2.05) is 22.2 Å². The van der Waals surface area contributed by atoms with Crippen LogP contribution < -0.4 is 5.73 Å². The lowest BCUT2D eigenvalue weighted by Gasteiger charge is -1.95. The number of hydrogen-bond donors (Lipinski definition) is 1. The Balaban J connectivity index is 1.93. The molecular formula is C10H10N2OS2. The van der Waals surface area contributed by atoms with E-state index in [2.05, 4.69) is 4.98 Å². The number of aromatic nitrogens is 1. The Hall–Kier alpha value is -1.20. The van der Waals surface area contributed by atoms with E-state index < -0.39 is 0 Å². The average Bonchev–Trinajstić information content (AvgIpc) is 2.77. The van der Waals surface area contributed by atoms with Crippen molar-refractivity contribution in [3.63, 3.8) is 0 Å². The van der Waals surface area contributed by atoms with Crippen molar-refractivity contribution in [3.05, 3.63) is 33.5 Å². The van der Waals surface area contributed by atoms with Crippen LogP contribution in [0.3, 0.4) is 0 Å². The van der Waals surface area contributed by atoms with Crippen molar-refractivity contribution in [1.29, 1.82) is 0 Å². The van der Waals surface area contributed by atoms with E-state index in [1.54, 1.807) is 11.3 Å². The molecule has 2 aromatic rings. The Labute approximate surface area is 95.6 Å². The van der Waals surface area contributed by atoms with Gasteiger partial charge in [-0.2, -0.15) is 11.3 Å². The topological polar surface area (TPSA) is 56.0 Å². The quantitative estimate of drug-likeness (QED) is 0.887. The fraction of sp³-hybridized carbons (Fsp3) is 0.200. The van der Waals surface area contributed by atoms with Gasteiger partial charge in [0, 0.05) is 18.2 Å². The zero-order valence-electron chi connectivity index (χ0n) is 7.97. The summed E-state index contributed by atoms with van der Waals surface area (Å²) in [7, 11) is 0. The first-order valence-electron chi connectivity index (χ1n) is 4.46. The van der Waals surface area contributed by atoms with Gasteiger partial charge in [0.1, 0.15) is 5.78 Å². The van der Waals surface area contributed by atoms with Gasteiger partial charge >= 0.3 is 0 Å². The maximum atomic E-state index is 11.6. The zero-order valence-corrected chi connectivity index (χ0v) is 9.61. The zero-order chi connectivity index (χ0) is 10.7. The molecule has 15 heavy (non-hydrogen) atoms. The number of nitrogen functional groups attached to an aromatic ring is 1. The van der Waals surface area contributed by atoms with E-state index >= 15 is 0 Å². The van der Waals surface area contributed by atoms with Gasteiger partial charge in [-0.25, -0.2) is 4.98 Å². The van der Waals surface area contributed by atoms with Crippen LogP contribution in [0.5, 0.6) is 0 Å². The summed E-state index contributed by atoms with van der Waals surface area (Å²) in [6.45, 7) is 0. The van der Waals surface area contributed by atoms with Crippen LogP contribution >= 0.6 is 22.7 Å². The third-order valence-corrected chi connectivity index (χ3v) is 3.38. The first-order chi connectivity index (χ1) is 7.24. The number of carbonyl (C=O) groups is 1. The average molecular weight is 238 g/mol. The highest BCUT2D eigenvalue weighted by molar-refractivity contribution is 7.13. The van der Waals surface area contributed by atoms with Crippen molar-refractivity contribution >= 4 is 33.6 Å². The van der Waals surface area contributed by atoms with Gasteiger partial charge in [0.05, 0.1) is 5.69 Å². The Morgan fingerprint density at radius 2 is 2.27 bits per heavy atom. The number of carbonyl (C=O) groups excluding carboxylic acids is 1. The molecule has 0 radical (unpaired) electrons. The second-order valence-electron chi connectivity index (χ2n) is 3.20. The lowest BCUT2D eigenvalue weighted by atomic mass is 10.1. The molecule has 0 saturated heterocycles. The van der Waals surface area contributed by atoms with Crippen molar-refractivity contribution < 1.29 is 4.79 Å². The van der Waals surface area contributed by atoms with Crippen LogP contribution in [0.1, 0.15) is 11.3 Å². The molecule has 2 N–H and O–H groups in total. The second-order valence-corrected chi connectivity index (χ2v) is 4.87. The molecular weight excluding hydrogens is 228 g/mol. The number of hydrogen-bond acceptors (Lipinski definition) is 5. The van der Waals surface area contributed by atoms with E-state index in [4.69, 9.17) is 5.73 Å². The van der Waals surface area contributed by atoms with E-state index in [9.17, 15) is 4.79 Å². The third kappa shape index (κ3) is 2.87. The SMILES string of the molecule is Nc1nc(CC(=O)Cc2ccsc2)cs1. The molecule has 78 valence electrons. The number of rotatable bonds is 4. The van der Waals surface area contributed by atoms with Crippen LogP contribution in [0, 0.1) is 0 Å². The highest BCUT2D eigenvalue weighted by Gasteiger charge is 2.07. The fourth-order valence-electron chi connectivity index (χ4n) is 1.29. The summed E-state index contributed by atoms with van der Waals surface area (Å²) in [6, 6.07) is 1.97. The number of thiazole rings is 1. The van der Waals surface area contributed by atoms with E-state index in [1.165, 1.54) is 11.3 Å². The van der Waals surface area contributed by atoms with Crippen LogP contribution in [0.25, 0.3) is 0 Å². The van der Waals surface area contributed by atoms with Crippen molar-refractivity contribution in [1.82, 2.24) is 4.98 Å². The van der Waals surface area contributed by atoms with Gasteiger partial charge < -0.3 is 5.73 Å². The lowest BCUT2D eigenvalue weighted by Crippen LogP contribution is -2.06. The Morgan fingerprint density at radius 1 is 1.40 bits per heavy atom. The van der Waals surface area contributed by atoms with Crippen molar-refractivity contribution in [2.45, 2.75) is 12.8 Å². The van der Waals surface area contributed by atoms with Gasteiger partial charge in [0.25, 0.3) is 0 Å². The number of nitrogens with zero attached hydrogens (tertiary/aromatic N) is 1. The Kier molecular flexibility index (Phi) is 3.13. The lowest BCUT2D eigenvalue weighted by molar-refractivity contribution is -0.117. The molecule has 0 bridgehead atoms. The molecule has 0 atom stereocenters. The summed E-state index contributed by atoms with van der Waals surface area (Å²) in [4.78, 5) is 15.7. The number of Topliss-reactive ketones (excluding diaryl/α,β-unsaturated/α-hetero) is 1. The van der Waals surface area contributed by atoms with Gasteiger partial charge in [-0.1, -0.05) is 0 Å². The predicted octanol–water partition coefficient (Wildman–Crippen LogP) is 2.14. The van der Waals surface area contributed by atoms with E-state index in [-0.39, 0.29) is 5.78 Å². The first-order valence-corrected chi connectivity index (χ1v) is 6.29. The third-order valence-electron chi connectivity index (χ3n) is 1.93. The second kappa shape index (κ2) is 4.55. The van der Waals surface area contributed by atoms with Crippen molar-refractivity contribution in [2.75, 3.05) is 5.73 Å². The smallest absolute Gasteiger partial charge is 0.180 e. The minimum atomic E-state index is 0.179. The fourth-order valence-corrected chi connectivity index (χ4v) is 2.52. The maximum absolute atomic E-state index is 11.6. The number of thiophene rings is 1. The molecule has 0 fully saturated rings. The summed E-state index contributed by atoms with van der Waals surface area (Å²) in [6.07, 6.45) is 0.866. The molecule has 0 aliphatic rings. The van der Waals surface area contributed by atoms with Crippen LogP contribution in [-0.4, -0.2) is 10.8 Å². The van der Waals surface area contributed by atoms with Gasteiger partial charge in [-0.05, 0) is 22.4 Å². The minimum Gasteiger partial charge on any atom is -0.375 e. The summed E-state index contributed by atoms with van der Waals surface area (Å²) in [5, 5.41) is 6.32. The van der Waals surface area contributed by atoms with Crippen molar-refractivity contribution in [3.8, 4) is 0 Å². The molecule has 0 aliphatic carbocycles. The Morgan fingerprint density at radius 3 is 2.87 bits per heavy atom.